The van der Waals surface area contributed by atoms with Crippen LogP contribution in [0.1, 0.15) is 15.9 Å². The first-order valence-electron chi connectivity index (χ1n) is 7.04. The minimum absolute atomic E-state index is 0.108. The number of amides is 1. The highest BCUT2D eigenvalue weighted by Gasteiger charge is 2.16. The molecule has 132 valence electrons. The molecule has 0 saturated carbocycles. The third kappa shape index (κ3) is 5.59. The number of nitrogens with one attached hydrogen (secondary N) is 1. The van der Waals surface area contributed by atoms with Gasteiger partial charge in [-0.05, 0) is 17.7 Å². The summed E-state index contributed by atoms with van der Waals surface area (Å²) in [5.74, 6) is -2.97. The summed E-state index contributed by atoms with van der Waals surface area (Å²) in [6, 6.07) is 11.8. The van der Waals surface area contributed by atoms with E-state index in [1.165, 1.54) is 6.07 Å². The van der Waals surface area contributed by atoms with E-state index in [0.717, 1.165) is 12.1 Å². The zero-order valence-corrected chi connectivity index (χ0v) is 13.7. The maximum atomic E-state index is 11.8. The number of aromatic hydroxyl groups is 1. The van der Waals surface area contributed by atoms with Crippen LogP contribution in [0.4, 0.5) is 5.69 Å². The van der Waals surface area contributed by atoms with Gasteiger partial charge in [-0.15, -0.1) is 0 Å². The average Bonchev–Trinajstić information content (AvgIpc) is 2.53. The Morgan fingerprint density at radius 3 is 2.36 bits per heavy atom. The number of rotatable bonds is 7. The maximum absolute atomic E-state index is 11.8. The first-order valence-corrected chi connectivity index (χ1v) is 8.62. The zero-order chi connectivity index (χ0) is 18.4. The molecule has 2 rings (SSSR count). The molecule has 0 saturated heterocycles. The smallest absolute Gasteiger partial charge is 0.339 e. The van der Waals surface area contributed by atoms with Gasteiger partial charge >= 0.3 is 5.97 Å². The zero-order valence-electron chi connectivity index (χ0n) is 12.9. The molecule has 0 aliphatic carbocycles. The van der Waals surface area contributed by atoms with E-state index in [2.05, 4.69) is 9.50 Å². The third-order valence-corrected chi connectivity index (χ3v) is 4.23. The lowest BCUT2D eigenvalue weighted by Crippen LogP contribution is -2.21. The number of hydrogen-bond donors (Lipinski definition) is 3. The van der Waals surface area contributed by atoms with Gasteiger partial charge in [0.05, 0.1) is 0 Å². The number of carboxylic acid groups (broad SMARTS) is 1. The molecule has 0 fully saturated rings. The molecule has 2 aromatic carbocycles. The number of carboxylic acids is 1. The molecule has 0 aromatic heterocycles. The summed E-state index contributed by atoms with van der Waals surface area (Å²) in [7, 11) is -3.94. The average molecular weight is 365 g/mol. The summed E-state index contributed by atoms with van der Waals surface area (Å²) in [6.45, 7) is -0.739. The molecule has 0 heterocycles. The largest absolute Gasteiger partial charge is 0.507 e. The van der Waals surface area contributed by atoms with Crippen LogP contribution in [0, 0.1) is 0 Å². The van der Waals surface area contributed by atoms with Crippen LogP contribution in [-0.4, -0.2) is 37.1 Å². The molecule has 3 N–H and O–H groups in total. The van der Waals surface area contributed by atoms with Gasteiger partial charge in [0.2, 0.25) is 0 Å². The van der Waals surface area contributed by atoms with Gasteiger partial charge < -0.3 is 15.5 Å². The second-order valence-electron chi connectivity index (χ2n) is 5.04. The van der Waals surface area contributed by atoms with Crippen molar-refractivity contribution in [1.29, 1.82) is 0 Å². The van der Waals surface area contributed by atoms with E-state index in [-0.39, 0.29) is 17.0 Å². The molecule has 0 spiro atoms. The van der Waals surface area contributed by atoms with Crippen LogP contribution in [0.2, 0.25) is 0 Å². The number of benzene rings is 2. The molecule has 0 radical (unpaired) electrons. The van der Waals surface area contributed by atoms with Crippen molar-refractivity contribution in [2.45, 2.75) is 5.75 Å². The lowest BCUT2D eigenvalue weighted by molar-refractivity contribution is -0.118. The minimum Gasteiger partial charge on any atom is -0.507 e. The van der Waals surface area contributed by atoms with Gasteiger partial charge in [-0.3, -0.25) is 8.98 Å². The maximum Gasteiger partial charge on any atom is 0.339 e. The van der Waals surface area contributed by atoms with Crippen molar-refractivity contribution in [3.8, 4) is 5.75 Å². The summed E-state index contributed by atoms with van der Waals surface area (Å²) < 4.78 is 28.3. The van der Waals surface area contributed by atoms with E-state index < -0.39 is 34.4 Å². The number of phenols is 1. The highest BCUT2D eigenvalue weighted by atomic mass is 32.2. The Labute approximate surface area is 143 Å². The molecule has 2 aromatic rings. The van der Waals surface area contributed by atoms with Gasteiger partial charge in [0.25, 0.3) is 16.0 Å². The molecule has 9 heteroatoms. The topological polar surface area (TPSA) is 130 Å². The number of carbonyl (C=O) groups is 2. The summed E-state index contributed by atoms with van der Waals surface area (Å²) in [6.07, 6.45) is 0. The van der Waals surface area contributed by atoms with Gasteiger partial charge in [0.1, 0.15) is 23.7 Å². The van der Waals surface area contributed by atoms with Crippen molar-refractivity contribution in [3.63, 3.8) is 0 Å². The first kappa shape index (κ1) is 18.4. The van der Waals surface area contributed by atoms with E-state index in [0.29, 0.717) is 5.56 Å². The Kier molecular flexibility index (Phi) is 5.73. The molecule has 0 aliphatic rings. The monoisotopic (exact) mass is 365 g/mol. The second kappa shape index (κ2) is 7.77. The highest BCUT2D eigenvalue weighted by Crippen LogP contribution is 2.21. The minimum atomic E-state index is -3.94. The molecule has 8 nitrogen and oxygen atoms in total. The molecular formula is C16H15NO7S. The van der Waals surface area contributed by atoms with Gasteiger partial charge in [0.15, 0.2) is 0 Å². The van der Waals surface area contributed by atoms with E-state index in [1.807, 2.05) is 0 Å². The van der Waals surface area contributed by atoms with Gasteiger partial charge in [-0.2, -0.15) is 8.42 Å². The molecule has 25 heavy (non-hydrogen) atoms. The Hall–Kier alpha value is -2.91. The van der Waals surface area contributed by atoms with Crippen LogP contribution in [0.25, 0.3) is 0 Å². The number of carbonyl (C=O) groups excluding carboxylic acids is 1. The van der Waals surface area contributed by atoms with Crippen LogP contribution in [0.5, 0.6) is 5.75 Å². The third-order valence-electron chi connectivity index (χ3n) is 3.07. The summed E-state index contributed by atoms with van der Waals surface area (Å²) in [4.78, 5) is 22.5. The summed E-state index contributed by atoms with van der Waals surface area (Å²) >= 11 is 0. The molecule has 0 bridgehead atoms. The number of hydrogen-bond acceptors (Lipinski definition) is 6. The van der Waals surface area contributed by atoms with Crippen molar-refractivity contribution in [2.75, 3.05) is 11.9 Å². The van der Waals surface area contributed by atoms with Crippen molar-refractivity contribution in [3.05, 3.63) is 59.7 Å². The fraction of sp³-hybridized carbons (Fsp3) is 0.125. The van der Waals surface area contributed by atoms with Crippen molar-refractivity contribution in [2.24, 2.45) is 0 Å². The predicted molar refractivity (Wildman–Crippen MR) is 88.7 cm³/mol. The Bertz CT molecular complexity index is 879. The number of aromatic carboxylic acids is 1. The van der Waals surface area contributed by atoms with Crippen molar-refractivity contribution < 1.29 is 32.4 Å². The Morgan fingerprint density at radius 2 is 1.76 bits per heavy atom. The molecular weight excluding hydrogens is 350 g/mol. The van der Waals surface area contributed by atoms with Crippen LogP contribution in [0.15, 0.2) is 48.5 Å². The summed E-state index contributed by atoms with van der Waals surface area (Å²) in [5, 5.41) is 20.6. The fourth-order valence-electron chi connectivity index (χ4n) is 1.95. The standard InChI is InChI=1S/C16H15NO7S/c18-14-8-12(6-7-13(14)16(20)21)17-15(19)9-24-25(22,23)10-11-4-2-1-3-5-11/h1-8,18H,9-10H2,(H,17,19)(H,20,21). The van der Waals surface area contributed by atoms with Crippen LogP contribution >= 0.6 is 0 Å². The van der Waals surface area contributed by atoms with Crippen LogP contribution < -0.4 is 5.32 Å². The molecule has 0 unspecified atom stereocenters. The van der Waals surface area contributed by atoms with E-state index in [9.17, 15) is 23.1 Å². The molecule has 0 atom stereocenters. The van der Waals surface area contributed by atoms with E-state index in [4.69, 9.17) is 5.11 Å². The Morgan fingerprint density at radius 1 is 1.08 bits per heavy atom. The molecule has 1 amide bonds. The van der Waals surface area contributed by atoms with Gasteiger partial charge in [0, 0.05) is 11.8 Å². The highest BCUT2D eigenvalue weighted by molar-refractivity contribution is 7.85. The van der Waals surface area contributed by atoms with Gasteiger partial charge in [-0.25, -0.2) is 4.79 Å². The normalized spacial score (nSPS) is 11.0. The van der Waals surface area contributed by atoms with Crippen LogP contribution in [-0.2, 0) is 24.8 Å². The van der Waals surface area contributed by atoms with E-state index in [1.54, 1.807) is 30.3 Å². The van der Waals surface area contributed by atoms with Gasteiger partial charge in [-0.1, -0.05) is 30.3 Å². The van der Waals surface area contributed by atoms with Crippen molar-refractivity contribution in [1.82, 2.24) is 0 Å². The quantitative estimate of drug-likeness (QED) is 0.635. The number of anilines is 1. The summed E-state index contributed by atoms with van der Waals surface area (Å²) in [5.41, 5.74) is 0.313. The lowest BCUT2D eigenvalue weighted by atomic mass is 10.2. The predicted octanol–water partition coefficient (Wildman–Crippen LogP) is 1.58. The van der Waals surface area contributed by atoms with Crippen LogP contribution in [0.3, 0.4) is 0 Å². The fourth-order valence-corrected chi connectivity index (χ4v) is 2.92. The Balaban J connectivity index is 1.92. The molecule has 0 aliphatic heterocycles. The SMILES string of the molecule is O=C(COS(=O)(=O)Cc1ccccc1)Nc1ccc(C(=O)O)c(O)c1. The van der Waals surface area contributed by atoms with Crippen molar-refractivity contribution >= 4 is 27.7 Å². The first-order chi connectivity index (χ1) is 11.8. The second-order valence-corrected chi connectivity index (χ2v) is 6.67. The lowest BCUT2D eigenvalue weighted by Gasteiger charge is -2.08. The van der Waals surface area contributed by atoms with E-state index >= 15 is 0 Å².